The van der Waals surface area contributed by atoms with E-state index in [4.69, 9.17) is 24.4 Å². The van der Waals surface area contributed by atoms with E-state index < -0.39 is 0 Å². The molecule has 164 valence electrons. The summed E-state index contributed by atoms with van der Waals surface area (Å²) >= 11 is 12.2. The zero-order valence-electron chi connectivity index (χ0n) is 18.3. The van der Waals surface area contributed by atoms with E-state index in [2.05, 4.69) is 37.6 Å². The molecule has 30 heavy (non-hydrogen) atoms. The van der Waals surface area contributed by atoms with Crippen LogP contribution in [0.15, 0.2) is 35.1 Å². The molecule has 0 saturated heterocycles. The van der Waals surface area contributed by atoms with Crippen LogP contribution >= 0.6 is 35.8 Å². The fraction of sp³-hybridized carbons (Fsp3) is 0.500. The van der Waals surface area contributed by atoms with E-state index in [0.29, 0.717) is 26.5 Å². The van der Waals surface area contributed by atoms with E-state index in [1.165, 1.54) is 31.0 Å². The lowest BCUT2D eigenvalue weighted by Crippen LogP contribution is -2.22. The zero-order chi connectivity index (χ0) is 22.1. The number of nitrogens with zero attached hydrogens (tertiary/aromatic N) is 3. The van der Waals surface area contributed by atoms with Crippen molar-refractivity contribution in [2.45, 2.75) is 53.6 Å². The Kier molecular flexibility index (Phi) is 10.1. The predicted octanol–water partition coefficient (Wildman–Crippen LogP) is 5.85. The van der Waals surface area contributed by atoms with Gasteiger partial charge < -0.3 is 14.5 Å². The highest BCUT2D eigenvalue weighted by molar-refractivity contribution is 7.73. The van der Waals surface area contributed by atoms with Crippen molar-refractivity contribution in [3.05, 3.63) is 55.0 Å². The molecule has 0 unspecified atom stereocenters. The molecule has 0 fully saturated rings. The third-order valence-corrected chi connectivity index (χ3v) is 6.82. The predicted molar refractivity (Wildman–Crippen MR) is 134 cm³/mol. The Balaban J connectivity index is 0.000000396. The summed E-state index contributed by atoms with van der Waals surface area (Å²) in [5.41, 5.74) is 1.82. The Morgan fingerprint density at radius 1 is 1.00 bits per heavy atom. The van der Waals surface area contributed by atoms with Gasteiger partial charge in [0.1, 0.15) is 10.3 Å². The molecule has 2 aromatic heterocycles. The molecule has 0 radical (unpaired) electrons. The van der Waals surface area contributed by atoms with Gasteiger partial charge in [0, 0.05) is 6.54 Å². The Morgan fingerprint density at radius 3 is 2.17 bits per heavy atom. The molecule has 0 aliphatic rings. The van der Waals surface area contributed by atoms with Crippen LogP contribution in [0.2, 0.25) is 0 Å². The number of thiazole rings is 1. The average molecular weight is 465 g/mol. The van der Waals surface area contributed by atoms with Crippen molar-refractivity contribution in [3.63, 3.8) is 0 Å². The van der Waals surface area contributed by atoms with Crippen LogP contribution in [0.25, 0.3) is 10.3 Å². The summed E-state index contributed by atoms with van der Waals surface area (Å²) in [6.07, 6.45) is 1.95. The van der Waals surface area contributed by atoms with Gasteiger partial charge in [-0.15, -0.1) is 0 Å². The van der Waals surface area contributed by atoms with E-state index in [9.17, 15) is 4.79 Å². The van der Waals surface area contributed by atoms with Crippen molar-refractivity contribution in [1.82, 2.24) is 19.0 Å². The highest BCUT2D eigenvalue weighted by atomic mass is 32.1. The number of hydrogen-bond acceptors (Lipinski definition) is 5. The van der Waals surface area contributed by atoms with Crippen molar-refractivity contribution in [3.8, 4) is 0 Å². The molecular formula is C22H32N4OS3. The molecule has 0 aliphatic heterocycles. The van der Waals surface area contributed by atoms with Gasteiger partial charge >= 0.3 is 0 Å². The lowest BCUT2D eigenvalue weighted by molar-refractivity contribution is 0.321. The Hall–Kier alpha value is -1.61. The average Bonchev–Trinajstić information content (AvgIpc) is 3.06. The number of aromatic amines is 1. The van der Waals surface area contributed by atoms with Gasteiger partial charge in [0.2, 0.25) is 0 Å². The van der Waals surface area contributed by atoms with E-state index in [1.54, 1.807) is 4.57 Å². The first-order chi connectivity index (χ1) is 14.5. The molecule has 1 N–H and O–H groups in total. The summed E-state index contributed by atoms with van der Waals surface area (Å²) in [5.74, 6) is 0. The third-order valence-electron chi connectivity index (χ3n) is 5.07. The molecule has 3 rings (SSSR count). The largest absolute Gasteiger partial charge is 0.317 e. The second-order valence-corrected chi connectivity index (χ2v) is 9.01. The number of benzene rings is 1. The van der Waals surface area contributed by atoms with Crippen molar-refractivity contribution in [2.24, 2.45) is 0 Å². The van der Waals surface area contributed by atoms with Crippen molar-refractivity contribution in [1.29, 1.82) is 0 Å². The molecule has 0 atom stereocenters. The minimum atomic E-state index is -0.0416. The van der Waals surface area contributed by atoms with Gasteiger partial charge in [-0.2, -0.15) is 0 Å². The van der Waals surface area contributed by atoms with Crippen LogP contribution in [0, 0.1) is 8.73 Å². The van der Waals surface area contributed by atoms with Gasteiger partial charge in [-0.25, -0.2) is 0 Å². The van der Waals surface area contributed by atoms with E-state index in [1.807, 2.05) is 34.9 Å². The summed E-state index contributed by atoms with van der Waals surface area (Å²) in [6.45, 7) is 13.5. The monoisotopic (exact) mass is 464 g/mol. The Morgan fingerprint density at radius 2 is 1.63 bits per heavy atom. The first-order valence-electron chi connectivity index (χ1n) is 10.6. The molecular weight excluding hydrogens is 432 g/mol. The Bertz CT molecular complexity index is 1090. The fourth-order valence-corrected chi connectivity index (χ4v) is 4.73. The normalized spacial score (nSPS) is 11.0. The summed E-state index contributed by atoms with van der Waals surface area (Å²) < 4.78 is 5.38. The topological polar surface area (TPSA) is 46.0 Å². The van der Waals surface area contributed by atoms with Crippen LogP contribution in [0.3, 0.4) is 0 Å². The van der Waals surface area contributed by atoms with Crippen LogP contribution in [-0.4, -0.2) is 38.7 Å². The summed E-state index contributed by atoms with van der Waals surface area (Å²) in [6, 6.07) is 10.1. The first kappa shape index (κ1) is 24.7. The van der Waals surface area contributed by atoms with Crippen molar-refractivity contribution < 1.29 is 0 Å². The molecule has 5 nitrogen and oxygen atoms in total. The number of nitrogens with one attached hydrogen (secondary N) is 1. The first-order valence-corrected chi connectivity index (χ1v) is 12.2. The van der Waals surface area contributed by atoms with Crippen LogP contribution < -0.4 is 5.56 Å². The summed E-state index contributed by atoms with van der Waals surface area (Å²) in [4.78, 5) is 18.3. The van der Waals surface area contributed by atoms with Gasteiger partial charge in [0.05, 0.1) is 6.54 Å². The lowest BCUT2D eigenvalue weighted by Gasteiger charge is -2.13. The quantitative estimate of drug-likeness (QED) is 0.425. The van der Waals surface area contributed by atoms with Crippen molar-refractivity contribution >= 4 is 46.1 Å². The number of hydrogen-bond donors (Lipinski definition) is 1. The maximum Gasteiger partial charge on any atom is 0.273 e. The number of H-pyrrole nitrogens is 1. The standard InChI is InChI=1S/C16H17N3OS3.C6H15N/c1-2-3-9-18-14(20)12-13(17-15(18)21)19(16(22)23-12)10-11-7-5-4-6-8-11;1-4-7(5-2)6-3/h4-8H,2-3,9-10H2,1H3,(H,17,21);4-6H2,1-3H3. The highest BCUT2D eigenvalue weighted by Crippen LogP contribution is 2.20. The van der Waals surface area contributed by atoms with E-state index in [0.717, 1.165) is 24.1 Å². The SMILES string of the molecule is CCCCn1c(=S)[nH]c2c(sc(=S)n2Cc2ccccc2)c1=O.CCN(CC)CC. The molecule has 3 aromatic rings. The fourth-order valence-electron chi connectivity index (χ4n) is 3.16. The molecule has 2 heterocycles. The molecule has 0 saturated carbocycles. The van der Waals surface area contributed by atoms with Gasteiger partial charge in [0.25, 0.3) is 5.56 Å². The van der Waals surface area contributed by atoms with Crippen LogP contribution in [0.5, 0.6) is 0 Å². The maximum absolute atomic E-state index is 12.7. The van der Waals surface area contributed by atoms with Crippen LogP contribution in [-0.2, 0) is 13.1 Å². The second kappa shape index (κ2) is 12.3. The van der Waals surface area contributed by atoms with Gasteiger partial charge in [0.15, 0.2) is 8.73 Å². The van der Waals surface area contributed by atoms with E-state index >= 15 is 0 Å². The summed E-state index contributed by atoms with van der Waals surface area (Å²) in [7, 11) is 0. The van der Waals surface area contributed by atoms with Crippen LogP contribution in [0.1, 0.15) is 46.1 Å². The minimum Gasteiger partial charge on any atom is -0.317 e. The van der Waals surface area contributed by atoms with Gasteiger partial charge in [-0.3, -0.25) is 9.36 Å². The number of aromatic nitrogens is 3. The molecule has 0 aliphatic carbocycles. The highest BCUT2D eigenvalue weighted by Gasteiger charge is 2.12. The minimum absolute atomic E-state index is 0.0416. The lowest BCUT2D eigenvalue weighted by atomic mass is 10.2. The molecule has 0 amide bonds. The molecule has 0 spiro atoms. The molecule has 1 aromatic carbocycles. The number of unbranched alkanes of at least 4 members (excludes halogenated alkanes) is 1. The third kappa shape index (κ3) is 6.20. The molecule has 8 heteroatoms. The van der Waals surface area contributed by atoms with E-state index in [-0.39, 0.29) is 5.56 Å². The number of fused-ring (bicyclic) bond motifs is 1. The van der Waals surface area contributed by atoms with Gasteiger partial charge in [-0.05, 0) is 56.1 Å². The second-order valence-electron chi connectivity index (χ2n) is 6.98. The number of rotatable bonds is 8. The zero-order valence-corrected chi connectivity index (χ0v) is 20.8. The summed E-state index contributed by atoms with van der Waals surface area (Å²) in [5, 5.41) is 0. The van der Waals surface area contributed by atoms with Gasteiger partial charge in [-0.1, -0.05) is 75.8 Å². The smallest absolute Gasteiger partial charge is 0.273 e. The molecule has 0 bridgehead atoms. The van der Waals surface area contributed by atoms with Crippen LogP contribution in [0.4, 0.5) is 0 Å². The maximum atomic E-state index is 12.7. The van der Waals surface area contributed by atoms with Crippen molar-refractivity contribution in [2.75, 3.05) is 19.6 Å². The Labute approximate surface area is 193 Å².